The Morgan fingerprint density at radius 1 is 1.24 bits per heavy atom. The maximum atomic E-state index is 12.8. The number of carbonyl (C=O) groups excluding carboxylic acids is 2. The highest BCUT2D eigenvalue weighted by molar-refractivity contribution is 7.16. The summed E-state index contributed by atoms with van der Waals surface area (Å²) in [6, 6.07) is 14.9. The van der Waals surface area contributed by atoms with Crippen molar-refractivity contribution < 1.29 is 14.3 Å². The molecular weight excluding hydrogens is 338 g/mol. The summed E-state index contributed by atoms with van der Waals surface area (Å²) in [7, 11) is 1.64. The number of anilines is 1. The first-order valence-corrected chi connectivity index (χ1v) is 8.53. The van der Waals surface area contributed by atoms with Crippen LogP contribution in [0.25, 0.3) is 10.2 Å². The molecule has 0 aliphatic heterocycles. The van der Waals surface area contributed by atoms with E-state index < -0.39 is 12.2 Å². The SMILES string of the molecule is CN(C(=O)[C@H](Cc1ccccc1)OC(N)=O)c1ccc2scnc2c1. The van der Waals surface area contributed by atoms with Gasteiger partial charge in [0.2, 0.25) is 0 Å². The van der Waals surface area contributed by atoms with Crippen LogP contribution in [0.3, 0.4) is 0 Å². The minimum atomic E-state index is -0.990. The number of nitrogens with two attached hydrogens (primary N) is 1. The molecule has 1 atom stereocenters. The number of likely N-dealkylation sites (N-methyl/N-ethyl adjacent to an activating group) is 1. The number of ether oxygens (including phenoxy) is 1. The average Bonchev–Trinajstić information content (AvgIpc) is 3.08. The molecule has 0 radical (unpaired) electrons. The highest BCUT2D eigenvalue weighted by atomic mass is 32.1. The summed E-state index contributed by atoms with van der Waals surface area (Å²) in [5.74, 6) is -0.350. The van der Waals surface area contributed by atoms with Crippen molar-refractivity contribution in [3.63, 3.8) is 0 Å². The summed E-state index contributed by atoms with van der Waals surface area (Å²) in [6.07, 6.45) is -1.71. The summed E-state index contributed by atoms with van der Waals surface area (Å²) in [5, 5.41) is 0. The molecule has 0 aliphatic carbocycles. The van der Waals surface area contributed by atoms with Gasteiger partial charge in [-0.25, -0.2) is 9.78 Å². The molecule has 0 saturated carbocycles. The number of hydrogen-bond donors (Lipinski definition) is 1. The van der Waals surface area contributed by atoms with Crippen LogP contribution in [0, 0.1) is 0 Å². The van der Waals surface area contributed by atoms with Gasteiger partial charge in [-0.3, -0.25) is 4.79 Å². The van der Waals surface area contributed by atoms with Crippen molar-refractivity contribution in [2.45, 2.75) is 12.5 Å². The van der Waals surface area contributed by atoms with E-state index >= 15 is 0 Å². The molecule has 6 nitrogen and oxygen atoms in total. The van der Waals surface area contributed by atoms with Crippen LogP contribution in [0.4, 0.5) is 10.5 Å². The monoisotopic (exact) mass is 355 g/mol. The molecule has 7 heteroatoms. The Morgan fingerprint density at radius 3 is 2.72 bits per heavy atom. The van der Waals surface area contributed by atoms with Gasteiger partial charge in [0.05, 0.1) is 15.7 Å². The zero-order valence-electron chi connectivity index (χ0n) is 13.6. The van der Waals surface area contributed by atoms with Crippen molar-refractivity contribution in [1.82, 2.24) is 4.98 Å². The molecule has 1 heterocycles. The van der Waals surface area contributed by atoms with E-state index in [4.69, 9.17) is 10.5 Å². The van der Waals surface area contributed by atoms with E-state index in [-0.39, 0.29) is 12.3 Å². The van der Waals surface area contributed by atoms with Crippen LogP contribution >= 0.6 is 11.3 Å². The van der Waals surface area contributed by atoms with Crippen molar-refractivity contribution in [3.8, 4) is 0 Å². The Hall–Kier alpha value is -2.93. The number of aromatic nitrogens is 1. The molecule has 0 spiro atoms. The third kappa shape index (κ3) is 3.95. The summed E-state index contributed by atoms with van der Waals surface area (Å²) < 4.78 is 6.11. The summed E-state index contributed by atoms with van der Waals surface area (Å²) in [6.45, 7) is 0. The Bertz CT molecular complexity index is 895. The molecule has 1 aromatic heterocycles. The molecule has 2 amide bonds. The lowest BCUT2D eigenvalue weighted by Gasteiger charge is -2.23. The number of amides is 2. The largest absolute Gasteiger partial charge is 0.436 e. The van der Waals surface area contributed by atoms with Crippen molar-refractivity contribution in [3.05, 3.63) is 59.6 Å². The van der Waals surface area contributed by atoms with Gasteiger partial charge < -0.3 is 15.4 Å². The van der Waals surface area contributed by atoms with Crippen LogP contribution in [0.2, 0.25) is 0 Å². The van der Waals surface area contributed by atoms with Crippen LogP contribution in [0.5, 0.6) is 0 Å². The third-order valence-corrected chi connectivity index (χ3v) is 4.64. The van der Waals surface area contributed by atoms with Crippen LogP contribution < -0.4 is 10.6 Å². The number of carbonyl (C=O) groups is 2. The van der Waals surface area contributed by atoms with Crippen molar-refractivity contribution >= 4 is 39.2 Å². The van der Waals surface area contributed by atoms with Gasteiger partial charge in [0, 0.05) is 19.2 Å². The maximum Gasteiger partial charge on any atom is 0.405 e. The molecule has 2 aromatic carbocycles. The molecule has 2 N–H and O–H groups in total. The lowest BCUT2D eigenvalue weighted by Crippen LogP contribution is -2.41. The van der Waals surface area contributed by atoms with Gasteiger partial charge in [-0.1, -0.05) is 30.3 Å². The average molecular weight is 355 g/mol. The third-order valence-electron chi connectivity index (χ3n) is 3.83. The predicted molar refractivity (Wildman–Crippen MR) is 97.6 cm³/mol. The molecule has 0 aliphatic rings. The molecule has 0 fully saturated rings. The van der Waals surface area contributed by atoms with Crippen LogP contribution in [0.1, 0.15) is 5.56 Å². The van der Waals surface area contributed by atoms with Crippen LogP contribution in [0.15, 0.2) is 54.0 Å². The topological polar surface area (TPSA) is 85.5 Å². The van der Waals surface area contributed by atoms with Crippen molar-refractivity contribution in [2.24, 2.45) is 5.73 Å². The Kier molecular flexibility index (Phi) is 4.95. The quantitative estimate of drug-likeness (QED) is 0.762. The van der Waals surface area contributed by atoms with E-state index in [1.807, 2.05) is 48.5 Å². The number of hydrogen-bond acceptors (Lipinski definition) is 5. The molecular formula is C18H17N3O3S. The van der Waals surface area contributed by atoms with Gasteiger partial charge in [-0.05, 0) is 23.8 Å². The van der Waals surface area contributed by atoms with E-state index in [0.717, 1.165) is 15.8 Å². The van der Waals surface area contributed by atoms with Gasteiger partial charge in [-0.2, -0.15) is 0 Å². The fourth-order valence-corrected chi connectivity index (χ4v) is 3.20. The zero-order chi connectivity index (χ0) is 17.8. The van der Waals surface area contributed by atoms with E-state index in [0.29, 0.717) is 5.69 Å². The molecule has 0 saturated heterocycles. The molecule has 3 aromatic rings. The van der Waals surface area contributed by atoms with Crippen LogP contribution in [-0.2, 0) is 16.0 Å². The van der Waals surface area contributed by atoms with E-state index in [9.17, 15) is 9.59 Å². The van der Waals surface area contributed by atoms with Gasteiger partial charge in [-0.15, -0.1) is 11.3 Å². The van der Waals surface area contributed by atoms with E-state index in [2.05, 4.69) is 4.98 Å². The number of rotatable bonds is 5. The minimum Gasteiger partial charge on any atom is -0.436 e. The first-order valence-electron chi connectivity index (χ1n) is 7.65. The standard InChI is InChI=1S/C18H17N3O3S/c1-21(13-7-8-16-14(10-13)20-11-25-16)17(22)15(24-18(19)23)9-12-5-3-2-4-6-12/h2-8,10-11,15H,9H2,1H3,(H2,19,23)/t15-/m0/s1. The molecule has 0 bridgehead atoms. The highest BCUT2D eigenvalue weighted by Gasteiger charge is 2.26. The van der Waals surface area contributed by atoms with Crippen molar-refractivity contribution in [2.75, 3.05) is 11.9 Å². The lowest BCUT2D eigenvalue weighted by molar-refractivity contribution is -0.126. The fourth-order valence-electron chi connectivity index (χ4n) is 2.55. The van der Waals surface area contributed by atoms with Gasteiger partial charge in [0.25, 0.3) is 5.91 Å². The lowest BCUT2D eigenvalue weighted by atomic mass is 10.1. The Morgan fingerprint density at radius 2 is 2.00 bits per heavy atom. The molecule has 128 valence electrons. The van der Waals surface area contributed by atoms with Gasteiger partial charge in [0.15, 0.2) is 6.10 Å². The molecule has 0 unspecified atom stereocenters. The van der Waals surface area contributed by atoms with Crippen LogP contribution in [-0.4, -0.2) is 30.1 Å². The number of benzene rings is 2. The van der Waals surface area contributed by atoms with E-state index in [1.54, 1.807) is 12.6 Å². The van der Waals surface area contributed by atoms with E-state index in [1.165, 1.54) is 16.2 Å². The maximum absolute atomic E-state index is 12.8. The minimum absolute atomic E-state index is 0.256. The number of thiazole rings is 1. The normalized spacial score (nSPS) is 11.9. The smallest absolute Gasteiger partial charge is 0.405 e. The first-order chi connectivity index (χ1) is 12.0. The van der Waals surface area contributed by atoms with Gasteiger partial charge >= 0.3 is 6.09 Å². The molecule has 3 rings (SSSR count). The molecule has 25 heavy (non-hydrogen) atoms. The number of primary amides is 1. The Balaban J connectivity index is 1.83. The second-order valence-corrected chi connectivity index (χ2v) is 6.40. The summed E-state index contributed by atoms with van der Waals surface area (Å²) in [5.41, 5.74) is 9.27. The zero-order valence-corrected chi connectivity index (χ0v) is 14.4. The summed E-state index contributed by atoms with van der Waals surface area (Å²) >= 11 is 1.53. The van der Waals surface area contributed by atoms with Gasteiger partial charge in [0.1, 0.15) is 0 Å². The second-order valence-electron chi connectivity index (χ2n) is 5.52. The fraction of sp³-hybridized carbons (Fsp3) is 0.167. The predicted octanol–water partition coefficient (Wildman–Crippen LogP) is 2.97. The number of nitrogens with zero attached hydrogens (tertiary/aromatic N) is 2. The highest BCUT2D eigenvalue weighted by Crippen LogP contribution is 2.24. The second kappa shape index (κ2) is 7.31. The Labute approximate surface area is 148 Å². The first kappa shape index (κ1) is 16.9. The number of fused-ring (bicyclic) bond motifs is 1. The van der Waals surface area contributed by atoms with Crippen molar-refractivity contribution in [1.29, 1.82) is 0 Å². The summed E-state index contributed by atoms with van der Waals surface area (Å²) in [4.78, 5) is 29.8.